The molecule has 4 aromatic rings. The summed E-state index contributed by atoms with van der Waals surface area (Å²) < 4.78 is 11.2. The number of aliphatic carboxylic acids is 1. The van der Waals surface area contributed by atoms with E-state index in [0.29, 0.717) is 16.9 Å². The molecule has 0 spiro atoms. The van der Waals surface area contributed by atoms with Crippen LogP contribution in [0.25, 0.3) is 21.9 Å². The van der Waals surface area contributed by atoms with Crippen LogP contribution in [0.3, 0.4) is 0 Å². The fourth-order valence-electron chi connectivity index (χ4n) is 4.72. The number of aryl methyl sites for hydroxylation is 2. The van der Waals surface area contributed by atoms with Gasteiger partial charge in [-0.1, -0.05) is 18.2 Å². The first-order chi connectivity index (χ1) is 16.4. The van der Waals surface area contributed by atoms with E-state index in [1.165, 1.54) is 0 Å². The maximum Gasteiger partial charge on any atom is 0.339 e. The minimum atomic E-state index is -1.13. The molecule has 0 radical (unpaired) electrons. The highest BCUT2D eigenvalue weighted by Crippen LogP contribution is 2.33. The Bertz CT molecular complexity index is 1480. The van der Waals surface area contributed by atoms with Crippen molar-refractivity contribution in [3.8, 4) is 5.75 Å². The van der Waals surface area contributed by atoms with E-state index in [0.717, 1.165) is 52.2 Å². The number of carbonyl (C=O) groups is 2. The van der Waals surface area contributed by atoms with Crippen LogP contribution in [0.15, 0.2) is 51.8 Å². The fourth-order valence-corrected chi connectivity index (χ4v) is 4.72. The third kappa shape index (κ3) is 3.91. The van der Waals surface area contributed by atoms with Crippen LogP contribution >= 0.6 is 0 Å². The number of nitrogens with one attached hydrogen (secondary N) is 2. The number of fused-ring (bicyclic) bond motifs is 4. The van der Waals surface area contributed by atoms with Gasteiger partial charge >= 0.3 is 11.6 Å². The molecule has 0 aliphatic heterocycles. The van der Waals surface area contributed by atoms with E-state index in [4.69, 9.17) is 9.15 Å². The van der Waals surface area contributed by atoms with E-state index in [9.17, 15) is 19.5 Å². The Morgan fingerprint density at radius 3 is 2.76 bits per heavy atom. The van der Waals surface area contributed by atoms with Crippen LogP contribution in [0, 0.1) is 6.92 Å². The van der Waals surface area contributed by atoms with Crippen LogP contribution in [0.5, 0.6) is 5.75 Å². The summed E-state index contributed by atoms with van der Waals surface area (Å²) in [4.78, 5) is 39.7. The Kier molecular flexibility index (Phi) is 5.57. The number of carbonyl (C=O) groups excluding carboxylic acids is 1. The smallest absolute Gasteiger partial charge is 0.339 e. The Morgan fingerprint density at radius 1 is 1.15 bits per heavy atom. The number of aromatic amines is 1. The minimum absolute atomic E-state index is 0.135. The topological polar surface area (TPSA) is 122 Å². The third-order valence-corrected chi connectivity index (χ3v) is 6.43. The van der Waals surface area contributed by atoms with Gasteiger partial charge in [0.15, 0.2) is 6.61 Å². The number of ether oxygens (including phenoxy) is 1. The van der Waals surface area contributed by atoms with Crippen LogP contribution < -0.4 is 15.7 Å². The van der Waals surface area contributed by atoms with Crippen LogP contribution in [-0.4, -0.2) is 34.6 Å². The molecule has 174 valence electrons. The average Bonchev–Trinajstić information content (AvgIpc) is 3.47. The highest BCUT2D eigenvalue weighted by atomic mass is 16.5. The van der Waals surface area contributed by atoms with Crippen molar-refractivity contribution >= 4 is 33.7 Å². The molecule has 1 amide bonds. The Labute approximate surface area is 194 Å². The Morgan fingerprint density at radius 2 is 1.94 bits per heavy atom. The van der Waals surface area contributed by atoms with Crippen LogP contribution in [0.1, 0.15) is 28.7 Å². The summed E-state index contributed by atoms with van der Waals surface area (Å²) >= 11 is 0. The predicted octanol–water partition coefficient (Wildman–Crippen LogP) is 3.26. The molecular formula is C26H24N2O6. The second kappa shape index (κ2) is 8.70. The Balaban J connectivity index is 1.29. The first kappa shape index (κ1) is 21.8. The van der Waals surface area contributed by atoms with E-state index in [2.05, 4.69) is 10.3 Å². The standard InChI is InChI=1S/C26H24N2O6/c1-14-22(10-9-18-17-6-4-7-19(17)26(32)34-24(14)18)33-13-23(29)28-21(25(30)31)11-15-12-27-20-8-3-2-5-16(15)20/h2-3,5,8-10,12,21,27H,4,6-7,11,13H2,1H3,(H,28,29)(H,30,31)/t21-/m0/s1. The molecule has 1 aliphatic rings. The molecule has 2 heterocycles. The molecule has 34 heavy (non-hydrogen) atoms. The van der Waals surface area contributed by atoms with Gasteiger partial charge in [0.05, 0.1) is 0 Å². The zero-order valence-electron chi connectivity index (χ0n) is 18.6. The van der Waals surface area contributed by atoms with Gasteiger partial charge in [0.2, 0.25) is 0 Å². The second-order valence-corrected chi connectivity index (χ2v) is 8.58. The summed E-state index contributed by atoms with van der Waals surface area (Å²) in [6.45, 7) is 1.41. The van der Waals surface area contributed by atoms with Crippen molar-refractivity contribution in [1.29, 1.82) is 0 Å². The van der Waals surface area contributed by atoms with Crippen molar-refractivity contribution in [2.45, 2.75) is 38.6 Å². The zero-order chi connectivity index (χ0) is 23.8. The maximum atomic E-state index is 12.5. The molecule has 0 unspecified atom stereocenters. The molecule has 8 nitrogen and oxygen atoms in total. The number of hydrogen-bond acceptors (Lipinski definition) is 5. The lowest BCUT2D eigenvalue weighted by Gasteiger charge is -2.16. The van der Waals surface area contributed by atoms with Crippen LogP contribution in [0.4, 0.5) is 0 Å². The Hall–Kier alpha value is -4.07. The van der Waals surface area contributed by atoms with Gasteiger partial charge in [0.1, 0.15) is 17.4 Å². The molecule has 1 atom stereocenters. The quantitative estimate of drug-likeness (QED) is 0.364. The van der Waals surface area contributed by atoms with E-state index in [-0.39, 0.29) is 18.7 Å². The van der Waals surface area contributed by atoms with Crippen LogP contribution in [-0.2, 0) is 28.9 Å². The van der Waals surface area contributed by atoms with Crippen molar-refractivity contribution in [3.63, 3.8) is 0 Å². The first-order valence-electron chi connectivity index (χ1n) is 11.2. The van der Waals surface area contributed by atoms with Gasteiger partial charge in [-0.3, -0.25) is 4.79 Å². The number of carboxylic acid groups (broad SMARTS) is 1. The molecule has 5 rings (SSSR count). The molecule has 0 saturated carbocycles. The summed E-state index contributed by atoms with van der Waals surface area (Å²) in [6, 6.07) is 10.1. The zero-order valence-corrected chi connectivity index (χ0v) is 18.6. The third-order valence-electron chi connectivity index (χ3n) is 6.43. The molecule has 8 heteroatoms. The second-order valence-electron chi connectivity index (χ2n) is 8.58. The number of para-hydroxylation sites is 1. The molecule has 0 saturated heterocycles. The molecule has 2 aromatic heterocycles. The number of benzene rings is 2. The number of amides is 1. The first-order valence-corrected chi connectivity index (χ1v) is 11.2. The lowest BCUT2D eigenvalue weighted by molar-refractivity contribution is -0.142. The van der Waals surface area contributed by atoms with Crippen molar-refractivity contribution in [2.75, 3.05) is 6.61 Å². The largest absolute Gasteiger partial charge is 0.483 e. The van der Waals surface area contributed by atoms with Crippen molar-refractivity contribution in [2.24, 2.45) is 0 Å². The minimum Gasteiger partial charge on any atom is -0.483 e. The van der Waals surface area contributed by atoms with Gasteiger partial charge in [-0.15, -0.1) is 0 Å². The lowest BCUT2D eigenvalue weighted by Crippen LogP contribution is -2.44. The number of carboxylic acids is 1. The fraction of sp³-hybridized carbons (Fsp3) is 0.269. The van der Waals surface area contributed by atoms with Gasteiger partial charge in [0, 0.05) is 40.0 Å². The molecule has 3 N–H and O–H groups in total. The molecule has 0 bridgehead atoms. The monoisotopic (exact) mass is 460 g/mol. The molecule has 0 fully saturated rings. The van der Waals surface area contributed by atoms with Gasteiger partial charge in [0.25, 0.3) is 5.91 Å². The maximum absolute atomic E-state index is 12.5. The SMILES string of the molecule is Cc1c(OCC(=O)N[C@@H](Cc2c[nH]c3ccccc23)C(=O)O)ccc2c3c(c(=O)oc12)CCC3. The normalized spacial score (nSPS) is 13.7. The molecule has 1 aliphatic carbocycles. The summed E-state index contributed by atoms with van der Waals surface area (Å²) in [5, 5.41) is 14.0. The summed E-state index contributed by atoms with van der Waals surface area (Å²) in [5.74, 6) is -1.27. The summed E-state index contributed by atoms with van der Waals surface area (Å²) in [6.07, 6.45) is 4.39. The number of rotatable bonds is 7. The van der Waals surface area contributed by atoms with Gasteiger partial charge in [-0.2, -0.15) is 0 Å². The summed E-state index contributed by atoms with van der Waals surface area (Å²) in [7, 11) is 0. The highest BCUT2D eigenvalue weighted by molar-refractivity contribution is 5.88. The summed E-state index contributed by atoms with van der Waals surface area (Å²) in [5.41, 5.74) is 4.25. The average molecular weight is 460 g/mol. The molecule has 2 aromatic carbocycles. The van der Waals surface area contributed by atoms with Gasteiger partial charge in [-0.25, -0.2) is 9.59 Å². The van der Waals surface area contributed by atoms with E-state index < -0.39 is 17.9 Å². The van der Waals surface area contributed by atoms with Crippen molar-refractivity contribution < 1.29 is 23.8 Å². The molecular weight excluding hydrogens is 436 g/mol. The highest BCUT2D eigenvalue weighted by Gasteiger charge is 2.24. The van der Waals surface area contributed by atoms with Gasteiger partial charge in [-0.05, 0) is 55.5 Å². The van der Waals surface area contributed by atoms with E-state index >= 15 is 0 Å². The number of aromatic nitrogens is 1. The van der Waals surface area contributed by atoms with Crippen molar-refractivity contribution in [1.82, 2.24) is 10.3 Å². The number of H-pyrrole nitrogens is 1. The lowest BCUT2D eigenvalue weighted by atomic mass is 10.0. The van der Waals surface area contributed by atoms with E-state index in [1.54, 1.807) is 19.2 Å². The van der Waals surface area contributed by atoms with Crippen LogP contribution in [0.2, 0.25) is 0 Å². The van der Waals surface area contributed by atoms with E-state index in [1.807, 2.05) is 30.3 Å². The van der Waals surface area contributed by atoms with Crippen molar-refractivity contribution in [3.05, 3.63) is 75.3 Å². The van der Waals surface area contributed by atoms with Gasteiger partial charge < -0.3 is 24.6 Å². The number of hydrogen-bond donors (Lipinski definition) is 3. The predicted molar refractivity (Wildman–Crippen MR) is 126 cm³/mol.